The summed E-state index contributed by atoms with van der Waals surface area (Å²) in [5.41, 5.74) is 2.62. The molecule has 2 aromatic heterocycles. The minimum absolute atomic E-state index is 0.152. The molecule has 0 atom stereocenters. The summed E-state index contributed by atoms with van der Waals surface area (Å²) in [5.74, 6) is -0.901. The number of aromatic nitrogens is 3. The van der Waals surface area contributed by atoms with Gasteiger partial charge in [0.05, 0.1) is 51.5 Å². The first-order valence-electron chi connectivity index (χ1n) is 12.4. The number of nitro benzene ring substituents is 1. The van der Waals surface area contributed by atoms with E-state index in [-0.39, 0.29) is 17.0 Å². The van der Waals surface area contributed by atoms with Crippen LogP contribution in [0.5, 0.6) is 5.75 Å². The molecule has 2 heterocycles. The van der Waals surface area contributed by atoms with Gasteiger partial charge in [0.25, 0.3) is 5.69 Å². The Morgan fingerprint density at radius 2 is 1.61 bits per heavy atom. The number of nitro groups is 1. The Labute approximate surface area is 250 Å². The van der Waals surface area contributed by atoms with Gasteiger partial charge in [-0.05, 0) is 42.5 Å². The van der Waals surface area contributed by atoms with E-state index in [0.29, 0.717) is 38.1 Å². The van der Waals surface area contributed by atoms with Crippen LogP contribution in [0.3, 0.4) is 0 Å². The number of hydrogen-bond donors (Lipinski definition) is 2. The monoisotopic (exact) mass is 632 g/mol. The standard InChI is InChI=1S/C18H13F3N4O3S.C9H10N2O4/c1-25-13-6-3-9(15(26)27-2)7-12(13)22-16(25)24-17-23-11-5-4-10(8-14(11)29-17)28-18(19,20)21;1-10-7-4-3-6(9(12)15-2)5-8(7)11(13)14/h3-8H,1-2H3,(H,22,23,24);3-5,10H,1-2H3. The Morgan fingerprint density at radius 1 is 0.955 bits per heavy atom. The summed E-state index contributed by atoms with van der Waals surface area (Å²) in [4.78, 5) is 41.7. The number of alkyl halides is 3. The van der Waals surface area contributed by atoms with Crippen molar-refractivity contribution in [1.29, 1.82) is 0 Å². The number of carbonyl (C=O) groups excluding carboxylic acids is 2. The Hall–Kier alpha value is -5.45. The van der Waals surface area contributed by atoms with E-state index in [1.165, 1.54) is 62.0 Å². The van der Waals surface area contributed by atoms with Gasteiger partial charge in [0.15, 0.2) is 5.13 Å². The van der Waals surface area contributed by atoms with Crippen molar-refractivity contribution in [2.75, 3.05) is 31.9 Å². The maximum absolute atomic E-state index is 12.4. The lowest BCUT2D eigenvalue weighted by atomic mass is 10.2. The Kier molecular flexibility index (Phi) is 9.17. The molecule has 0 unspecified atom stereocenters. The second kappa shape index (κ2) is 12.8. The molecule has 0 saturated carbocycles. The van der Waals surface area contributed by atoms with Crippen molar-refractivity contribution in [3.63, 3.8) is 0 Å². The lowest BCUT2D eigenvalue weighted by molar-refractivity contribution is -0.384. The molecule has 5 rings (SSSR count). The second-order valence-corrected chi connectivity index (χ2v) is 9.77. The first kappa shape index (κ1) is 31.5. The topological polar surface area (TPSA) is 160 Å². The number of aryl methyl sites for hydroxylation is 1. The smallest absolute Gasteiger partial charge is 0.465 e. The summed E-state index contributed by atoms with van der Waals surface area (Å²) in [6.45, 7) is 0. The fourth-order valence-corrected chi connectivity index (χ4v) is 4.83. The van der Waals surface area contributed by atoms with E-state index in [1.54, 1.807) is 36.9 Å². The molecule has 230 valence electrons. The van der Waals surface area contributed by atoms with Gasteiger partial charge in [0.2, 0.25) is 5.95 Å². The molecule has 0 aliphatic carbocycles. The Morgan fingerprint density at radius 3 is 2.23 bits per heavy atom. The number of fused-ring (bicyclic) bond motifs is 2. The third-order valence-electron chi connectivity index (χ3n) is 6.00. The van der Waals surface area contributed by atoms with Crippen molar-refractivity contribution >= 4 is 67.0 Å². The fourth-order valence-electron chi connectivity index (χ4n) is 3.95. The van der Waals surface area contributed by atoms with Crippen LogP contribution in [0.1, 0.15) is 20.7 Å². The SMILES string of the molecule is CNc1ccc(C(=O)OC)cc1[N+](=O)[O-].COC(=O)c1ccc2c(c1)nc(Nc1nc3ccc(OC(F)(F)F)cc3s1)n2C. The van der Waals surface area contributed by atoms with E-state index in [0.717, 1.165) is 5.52 Å². The highest BCUT2D eigenvalue weighted by Gasteiger charge is 2.31. The lowest BCUT2D eigenvalue weighted by Gasteiger charge is -2.07. The number of anilines is 3. The van der Waals surface area contributed by atoms with Crippen molar-refractivity contribution in [2.45, 2.75) is 6.36 Å². The molecule has 0 radical (unpaired) electrons. The highest BCUT2D eigenvalue weighted by molar-refractivity contribution is 7.22. The molecule has 0 saturated heterocycles. The molecule has 3 aromatic carbocycles. The van der Waals surface area contributed by atoms with Crippen LogP contribution < -0.4 is 15.4 Å². The van der Waals surface area contributed by atoms with Crippen LogP contribution in [0.15, 0.2) is 54.6 Å². The summed E-state index contributed by atoms with van der Waals surface area (Å²) in [6.07, 6.45) is -4.75. The van der Waals surface area contributed by atoms with E-state index < -0.39 is 23.2 Å². The quantitative estimate of drug-likeness (QED) is 0.122. The minimum Gasteiger partial charge on any atom is -0.465 e. The fraction of sp³-hybridized carbons (Fsp3) is 0.185. The third-order valence-corrected chi connectivity index (χ3v) is 6.93. The molecule has 0 fully saturated rings. The molecular weight excluding hydrogens is 609 g/mol. The Bertz CT molecular complexity index is 1870. The third kappa shape index (κ3) is 7.12. The average Bonchev–Trinajstić information content (AvgIpc) is 3.54. The number of benzene rings is 3. The number of rotatable bonds is 7. The highest BCUT2D eigenvalue weighted by atomic mass is 32.1. The molecule has 0 bridgehead atoms. The van der Waals surface area contributed by atoms with Gasteiger partial charge in [-0.25, -0.2) is 19.6 Å². The van der Waals surface area contributed by atoms with E-state index in [1.807, 2.05) is 0 Å². The van der Waals surface area contributed by atoms with Gasteiger partial charge >= 0.3 is 18.3 Å². The summed E-state index contributed by atoms with van der Waals surface area (Å²) in [5, 5.41) is 16.8. The first-order chi connectivity index (χ1) is 20.8. The van der Waals surface area contributed by atoms with Gasteiger partial charge in [-0.15, -0.1) is 13.2 Å². The highest BCUT2D eigenvalue weighted by Crippen LogP contribution is 2.33. The Balaban J connectivity index is 0.000000249. The zero-order valence-electron chi connectivity index (χ0n) is 23.4. The van der Waals surface area contributed by atoms with Gasteiger partial charge < -0.3 is 29.4 Å². The van der Waals surface area contributed by atoms with Crippen LogP contribution >= 0.6 is 11.3 Å². The van der Waals surface area contributed by atoms with E-state index in [2.05, 4.69) is 30.1 Å². The van der Waals surface area contributed by atoms with Crippen molar-refractivity contribution in [3.8, 4) is 5.75 Å². The number of carbonyl (C=O) groups is 2. The number of ether oxygens (including phenoxy) is 3. The molecule has 2 N–H and O–H groups in total. The molecule has 44 heavy (non-hydrogen) atoms. The maximum Gasteiger partial charge on any atom is 0.573 e. The largest absolute Gasteiger partial charge is 0.573 e. The average molecular weight is 633 g/mol. The molecule has 0 aliphatic heterocycles. The molecule has 13 nitrogen and oxygen atoms in total. The number of nitrogens with zero attached hydrogens (tertiary/aromatic N) is 4. The number of halogens is 3. The predicted molar refractivity (Wildman–Crippen MR) is 156 cm³/mol. The number of esters is 2. The maximum atomic E-state index is 12.4. The van der Waals surface area contributed by atoms with Crippen LogP contribution in [0.2, 0.25) is 0 Å². The zero-order valence-corrected chi connectivity index (χ0v) is 24.2. The van der Waals surface area contributed by atoms with Crippen LogP contribution in [-0.4, -0.2) is 59.0 Å². The normalized spacial score (nSPS) is 11.0. The van der Waals surface area contributed by atoms with Crippen LogP contribution in [-0.2, 0) is 16.5 Å². The van der Waals surface area contributed by atoms with Crippen molar-refractivity contribution in [2.24, 2.45) is 7.05 Å². The second-order valence-electron chi connectivity index (χ2n) is 8.74. The molecule has 0 aliphatic rings. The number of methoxy groups -OCH3 is 2. The number of hydrogen-bond acceptors (Lipinski definition) is 12. The predicted octanol–water partition coefficient (Wildman–Crippen LogP) is 6.03. The summed E-state index contributed by atoms with van der Waals surface area (Å²) in [7, 11) is 5.88. The number of imidazole rings is 1. The van der Waals surface area contributed by atoms with E-state index in [4.69, 9.17) is 4.74 Å². The van der Waals surface area contributed by atoms with Crippen LogP contribution in [0, 0.1) is 10.1 Å². The van der Waals surface area contributed by atoms with Gasteiger partial charge in [0, 0.05) is 26.2 Å². The minimum atomic E-state index is -4.75. The summed E-state index contributed by atoms with van der Waals surface area (Å²) >= 11 is 1.17. The molecule has 0 spiro atoms. The van der Waals surface area contributed by atoms with Gasteiger partial charge in [-0.3, -0.25) is 10.1 Å². The first-order valence-corrected chi connectivity index (χ1v) is 13.2. The lowest BCUT2D eigenvalue weighted by Crippen LogP contribution is -2.16. The zero-order chi connectivity index (χ0) is 32.2. The van der Waals surface area contributed by atoms with Crippen molar-refractivity contribution in [1.82, 2.24) is 14.5 Å². The van der Waals surface area contributed by atoms with Crippen LogP contribution in [0.4, 0.5) is 35.6 Å². The van der Waals surface area contributed by atoms with Crippen molar-refractivity contribution < 1.29 is 41.9 Å². The molecular formula is C27H23F3N6O7S. The molecule has 17 heteroatoms. The number of nitrogens with one attached hydrogen (secondary N) is 2. The van der Waals surface area contributed by atoms with E-state index >= 15 is 0 Å². The van der Waals surface area contributed by atoms with Gasteiger partial charge in [0.1, 0.15) is 11.4 Å². The summed E-state index contributed by atoms with van der Waals surface area (Å²) < 4.78 is 52.6. The molecule has 5 aromatic rings. The number of thiazole rings is 1. The van der Waals surface area contributed by atoms with Gasteiger partial charge in [-0.2, -0.15) is 0 Å². The van der Waals surface area contributed by atoms with Gasteiger partial charge in [-0.1, -0.05) is 11.3 Å². The van der Waals surface area contributed by atoms with Crippen LogP contribution in [0.25, 0.3) is 21.3 Å². The van der Waals surface area contributed by atoms with Crippen molar-refractivity contribution in [3.05, 3.63) is 75.8 Å². The van der Waals surface area contributed by atoms with E-state index in [9.17, 15) is 32.9 Å². The summed E-state index contributed by atoms with van der Waals surface area (Å²) in [6, 6.07) is 13.1. The molecule has 0 amide bonds.